The Morgan fingerprint density at radius 1 is 0.947 bits per heavy atom. The summed E-state index contributed by atoms with van der Waals surface area (Å²) in [4.78, 5) is 0. The monoisotopic (exact) mass is 280 g/mol. The van der Waals surface area contributed by atoms with E-state index in [9.17, 15) is 0 Å². The van der Waals surface area contributed by atoms with Crippen molar-refractivity contribution in [2.45, 2.75) is 0 Å². The van der Waals surface area contributed by atoms with Crippen LogP contribution in [0, 0.1) is 0 Å². The number of rotatable bonds is 0. The topological polar surface area (TPSA) is 0 Å². The average molecular weight is 281 g/mol. The van der Waals surface area contributed by atoms with Crippen molar-refractivity contribution in [3.8, 4) is 0 Å². The van der Waals surface area contributed by atoms with Crippen molar-refractivity contribution in [3.63, 3.8) is 0 Å². The maximum absolute atomic E-state index is 6.24. The molecule has 0 amide bonds. The number of halogens is 1. The predicted octanol–water partition coefficient (Wildman–Crippen LogP) is 4.12. The van der Waals surface area contributed by atoms with Gasteiger partial charge in [-0.25, -0.2) is 0 Å². The second-order valence-electron chi connectivity index (χ2n) is 4.86. The van der Waals surface area contributed by atoms with Crippen molar-refractivity contribution < 1.29 is 0 Å². The number of benzene rings is 3. The highest BCUT2D eigenvalue weighted by atomic mass is 35.5. The van der Waals surface area contributed by atoms with E-state index in [0.717, 1.165) is 5.02 Å². The molecule has 0 aliphatic rings. The Morgan fingerprint density at radius 3 is 2.68 bits per heavy atom. The molecule has 1 aromatic heterocycles. The molecule has 3 heteroatoms. The van der Waals surface area contributed by atoms with Crippen LogP contribution in [0.4, 0.5) is 0 Å². The molecule has 0 saturated heterocycles. The molecule has 0 fully saturated rings. The number of thiophene rings is 1. The van der Waals surface area contributed by atoms with Crippen LogP contribution in [0.15, 0.2) is 48.5 Å². The molecule has 19 heavy (non-hydrogen) atoms. The summed E-state index contributed by atoms with van der Waals surface area (Å²) in [5.41, 5.74) is 1.26. The number of fused-ring (bicyclic) bond motifs is 5. The molecule has 0 nitrogen and oxygen atoms in total. The van der Waals surface area contributed by atoms with Gasteiger partial charge in [0.2, 0.25) is 0 Å². The Kier molecular flexibility index (Phi) is 2.38. The Morgan fingerprint density at radius 2 is 1.79 bits per heavy atom. The lowest BCUT2D eigenvalue weighted by molar-refractivity contribution is 1.82. The second-order valence-corrected chi connectivity index (χ2v) is 6.35. The molecular formula is C16H10BClS. The van der Waals surface area contributed by atoms with Gasteiger partial charge in [-0.3, -0.25) is 0 Å². The molecule has 0 atom stereocenters. The van der Waals surface area contributed by atoms with Crippen molar-refractivity contribution in [1.82, 2.24) is 0 Å². The van der Waals surface area contributed by atoms with Gasteiger partial charge in [-0.15, -0.1) is 11.3 Å². The molecule has 4 aromatic rings. The fourth-order valence-corrected chi connectivity index (χ4v) is 4.22. The highest BCUT2D eigenvalue weighted by Crippen LogP contribution is 2.38. The molecule has 0 radical (unpaired) electrons. The van der Waals surface area contributed by atoms with E-state index in [1.165, 1.54) is 36.4 Å². The number of hydrogen-bond donors (Lipinski definition) is 0. The summed E-state index contributed by atoms with van der Waals surface area (Å²) in [5, 5.41) is 6.03. The van der Waals surface area contributed by atoms with E-state index in [1.807, 2.05) is 17.4 Å². The minimum absolute atomic E-state index is 0.817. The van der Waals surface area contributed by atoms with E-state index in [2.05, 4.69) is 50.3 Å². The summed E-state index contributed by atoms with van der Waals surface area (Å²) in [5.74, 6) is 0. The third-order valence-electron chi connectivity index (χ3n) is 3.61. The Hall–Kier alpha value is -1.51. The lowest BCUT2D eigenvalue weighted by Gasteiger charge is -2.01. The second kappa shape index (κ2) is 3.99. The van der Waals surface area contributed by atoms with Gasteiger partial charge in [0.1, 0.15) is 7.85 Å². The molecule has 0 unspecified atom stereocenters. The Balaban J connectivity index is 2.35. The van der Waals surface area contributed by atoms with Crippen LogP contribution in [0.3, 0.4) is 0 Å². The van der Waals surface area contributed by atoms with Gasteiger partial charge < -0.3 is 0 Å². The minimum Gasteiger partial charge on any atom is -0.136 e. The van der Waals surface area contributed by atoms with Crippen LogP contribution in [0.1, 0.15) is 0 Å². The van der Waals surface area contributed by atoms with Crippen LogP contribution in [-0.4, -0.2) is 7.85 Å². The third-order valence-corrected chi connectivity index (χ3v) is 5.14. The van der Waals surface area contributed by atoms with Crippen molar-refractivity contribution in [2.24, 2.45) is 0 Å². The fourth-order valence-electron chi connectivity index (χ4n) is 2.78. The first kappa shape index (κ1) is 11.3. The average Bonchev–Trinajstić information content (AvgIpc) is 2.78. The molecule has 0 spiro atoms. The maximum atomic E-state index is 6.24. The zero-order valence-electron chi connectivity index (χ0n) is 10.4. The van der Waals surface area contributed by atoms with E-state index in [1.54, 1.807) is 0 Å². The van der Waals surface area contributed by atoms with Gasteiger partial charge >= 0.3 is 0 Å². The molecule has 1 heterocycles. The third kappa shape index (κ3) is 1.60. The van der Waals surface area contributed by atoms with Crippen LogP contribution >= 0.6 is 22.9 Å². The Labute approximate surface area is 121 Å². The first-order chi connectivity index (χ1) is 9.24. The highest BCUT2D eigenvalue weighted by molar-refractivity contribution is 7.27. The first-order valence-corrected chi connectivity index (χ1v) is 7.43. The molecule has 3 aromatic carbocycles. The Bertz CT molecular complexity index is 940. The van der Waals surface area contributed by atoms with E-state index in [0.29, 0.717) is 0 Å². The van der Waals surface area contributed by atoms with Gasteiger partial charge in [0.05, 0.1) is 0 Å². The molecule has 0 aliphatic heterocycles. The molecule has 90 valence electrons. The lowest BCUT2D eigenvalue weighted by atomic mass is 9.93. The first-order valence-electron chi connectivity index (χ1n) is 6.24. The zero-order chi connectivity index (χ0) is 13.0. The van der Waals surface area contributed by atoms with Crippen LogP contribution in [0.2, 0.25) is 5.02 Å². The van der Waals surface area contributed by atoms with Crippen molar-refractivity contribution in [1.29, 1.82) is 0 Å². The maximum Gasteiger partial charge on any atom is 0.141 e. The number of hydrogen-bond acceptors (Lipinski definition) is 1. The summed E-state index contributed by atoms with van der Waals surface area (Å²) >= 11 is 8.09. The summed E-state index contributed by atoms with van der Waals surface area (Å²) in [6.07, 6.45) is 0. The summed E-state index contributed by atoms with van der Waals surface area (Å²) < 4.78 is 2.68. The molecular weight excluding hydrogens is 271 g/mol. The summed E-state index contributed by atoms with van der Waals surface area (Å²) in [7, 11) is 2.13. The van der Waals surface area contributed by atoms with E-state index < -0.39 is 0 Å². The van der Waals surface area contributed by atoms with Gasteiger partial charge in [0.15, 0.2) is 0 Å². The van der Waals surface area contributed by atoms with Crippen LogP contribution < -0.4 is 5.46 Å². The molecule has 0 saturated carbocycles. The van der Waals surface area contributed by atoms with E-state index in [-0.39, 0.29) is 0 Å². The summed E-state index contributed by atoms with van der Waals surface area (Å²) in [6.45, 7) is 0. The van der Waals surface area contributed by atoms with Gasteiger partial charge in [-0.2, -0.15) is 0 Å². The van der Waals surface area contributed by atoms with Gasteiger partial charge in [-0.1, -0.05) is 47.4 Å². The normalized spacial score (nSPS) is 11.6. The zero-order valence-corrected chi connectivity index (χ0v) is 12.0. The molecule has 4 rings (SSSR count). The molecule has 0 bridgehead atoms. The predicted molar refractivity (Wildman–Crippen MR) is 90.0 cm³/mol. The SMILES string of the molecule is Bc1cc(Cl)cc2c1sc1ccc3ccccc3c12. The van der Waals surface area contributed by atoms with E-state index >= 15 is 0 Å². The highest BCUT2D eigenvalue weighted by Gasteiger charge is 2.10. The minimum atomic E-state index is 0.817. The lowest BCUT2D eigenvalue weighted by Crippen LogP contribution is -2.00. The molecule has 0 aliphatic carbocycles. The largest absolute Gasteiger partial charge is 0.141 e. The van der Waals surface area contributed by atoms with Gasteiger partial charge in [-0.05, 0) is 29.0 Å². The van der Waals surface area contributed by atoms with Crippen molar-refractivity contribution in [2.75, 3.05) is 0 Å². The standard InChI is InChI=1S/C16H10BClS/c17-13-8-10(18)7-12-15-11-4-2-1-3-9(11)5-6-14(15)19-16(12)13/h1-8H,17H2. The van der Waals surface area contributed by atoms with Gasteiger partial charge in [0, 0.05) is 25.2 Å². The van der Waals surface area contributed by atoms with E-state index in [4.69, 9.17) is 11.6 Å². The van der Waals surface area contributed by atoms with Crippen molar-refractivity contribution in [3.05, 3.63) is 53.6 Å². The quantitative estimate of drug-likeness (QED) is 0.425. The van der Waals surface area contributed by atoms with Crippen LogP contribution in [0.5, 0.6) is 0 Å². The smallest absolute Gasteiger partial charge is 0.136 e. The summed E-state index contributed by atoms with van der Waals surface area (Å²) in [6, 6.07) is 17.1. The van der Waals surface area contributed by atoms with Crippen molar-refractivity contribution >= 4 is 67.2 Å². The van der Waals surface area contributed by atoms with Crippen LogP contribution in [-0.2, 0) is 0 Å². The van der Waals surface area contributed by atoms with Gasteiger partial charge in [0.25, 0.3) is 0 Å². The van der Waals surface area contributed by atoms with Crippen LogP contribution in [0.25, 0.3) is 30.9 Å². The molecule has 0 N–H and O–H groups in total. The fraction of sp³-hybridized carbons (Fsp3) is 0.